The average Bonchev–Trinajstić information content (AvgIpc) is 2.70. The first-order valence-electron chi connectivity index (χ1n) is 12.6. The summed E-state index contributed by atoms with van der Waals surface area (Å²) < 4.78 is 5.77. The number of esters is 1. The molecule has 1 aromatic rings. The molecule has 5 saturated carbocycles. The van der Waals surface area contributed by atoms with Crippen LogP contribution in [-0.2, 0) is 4.74 Å². The van der Waals surface area contributed by atoms with Crippen molar-refractivity contribution < 1.29 is 9.53 Å². The van der Waals surface area contributed by atoms with E-state index in [1.807, 2.05) is 33.0 Å². The van der Waals surface area contributed by atoms with Crippen LogP contribution in [0, 0.1) is 23.7 Å². The molecule has 170 valence electrons. The lowest BCUT2D eigenvalue weighted by Crippen LogP contribution is -2.51. The number of ether oxygens (including phenoxy) is 1. The Morgan fingerprint density at radius 3 is 2.23 bits per heavy atom. The van der Waals surface area contributed by atoms with E-state index in [0.717, 1.165) is 29.4 Å². The molecule has 0 aromatic carbocycles. The molecule has 6 rings (SSSR count). The molecule has 0 saturated heterocycles. The van der Waals surface area contributed by atoms with E-state index in [1.54, 1.807) is 0 Å². The first kappa shape index (κ1) is 21.1. The first-order chi connectivity index (χ1) is 14.8. The third kappa shape index (κ3) is 4.70. The number of aromatic nitrogens is 1. The molecule has 5 fully saturated rings. The number of nitrogens with zero attached hydrogens (tertiary/aromatic N) is 1. The van der Waals surface area contributed by atoms with Gasteiger partial charge in [-0.1, -0.05) is 19.3 Å². The molecular weight excluding hydrogens is 386 g/mol. The van der Waals surface area contributed by atoms with Crippen LogP contribution in [-0.4, -0.2) is 28.6 Å². The lowest BCUT2D eigenvalue weighted by Gasteiger charge is -2.54. The molecule has 31 heavy (non-hydrogen) atoms. The van der Waals surface area contributed by atoms with E-state index in [4.69, 9.17) is 9.72 Å². The fourth-order valence-corrected chi connectivity index (χ4v) is 6.95. The Morgan fingerprint density at radius 2 is 1.61 bits per heavy atom. The van der Waals surface area contributed by atoms with Gasteiger partial charge in [0.1, 0.15) is 17.0 Å². The van der Waals surface area contributed by atoms with E-state index in [9.17, 15) is 4.79 Å². The molecular formula is C26H39N3O2. The fraction of sp³-hybridized carbons (Fsp3) is 0.769. The maximum absolute atomic E-state index is 13.1. The zero-order valence-corrected chi connectivity index (χ0v) is 19.5. The summed E-state index contributed by atoms with van der Waals surface area (Å²) in [7, 11) is 0. The van der Waals surface area contributed by atoms with E-state index < -0.39 is 5.60 Å². The summed E-state index contributed by atoms with van der Waals surface area (Å²) in [5.74, 6) is 3.75. The zero-order chi connectivity index (χ0) is 21.6. The third-order valence-electron chi connectivity index (χ3n) is 8.01. The predicted octanol–water partition coefficient (Wildman–Crippen LogP) is 6.02. The lowest BCUT2D eigenvalue weighted by atomic mass is 9.54. The van der Waals surface area contributed by atoms with Crippen molar-refractivity contribution in [2.75, 3.05) is 10.6 Å². The van der Waals surface area contributed by atoms with Crippen molar-refractivity contribution in [1.29, 1.82) is 0 Å². The van der Waals surface area contributed by atoms with E-state index in [0.29, 0.717) is 23.5 Å². The second kappa shape index (κ2) is 8.29. The van der Waals surface area contributed by atoms with Crippen LogP contribution in [0.1, 0.15) is 95.3 Å². The van der Waals surface area contributed by atoms with Crippen molar-refractivity contribution in [3.8, 4) is 0 Å². The van der Waals surface area contributed by atoms with Crippen molar-refractivity contribution in [1.82, 2.24) is 4.98 Å². The Bertz CT molecular complexity index is 781. The van der Waals surface area contributed by atoms with Gasteiger partial charge in [-0.3, -0.25) is 0 Å². The third-order valence-corrected chi connectivity index (χ3v) is 8.01. The maximum Gasteiger partial charge on any atom is 0.342 e. The summed E-state index contributed by atoms with van der Waals surface area (Å²) >= 11 is 0. The molecule has 0 aliphatic heterocycles. The number of hydrogen-bond donors (Lipinski definition) is 2. The van der Waals surface area contributed by atoms with Gasteiger partial charge in [0.05, 0.1) is 11.9 Å². The SMILES string of the molecule is CC(C)(C)OC(=O)c1cc(NC2CCCCC2)cnc1NC1[C@H]2C[C@@H]3C[C@@H](C[C@H]1C3)C2. The van der Waals surface area contributed by atoms with Crippen molar-refractivity contribution in [2.45, 2.75) is 103 Å². The van der Waals surface area contributed by atoms with E-state index in [1.165, 1.54) is 64.2 Å². The molecule has 5 nitrogen and oxygen atoms in total. The normalized spacial score (nSPS) is 32.7. The Hall–Kier alpha value is -1.78. The second-order valence-electron chi connectivity index (χ2n) is 11.7. The Morgan fingerprint density at radius 1 is 0.968 bits per heavy atom. The van der Waals surface area contributed by atoms with Gasteiger partial charge in [0.25, 0.3) is 0 Å². The monoisotopic (exact) mass is 425 g/mol. The smallest absolute Gasteiger partial charge is 0.342 e. The molecule has 0 unspecified atom stereocenters. The average molecular weight is 426 g/mol. The molecule has 5 aliphatic rings. The molecule has 2 N–H and O–H groups in total. The van der Waals surface area contributed by atoms with E-state index in [2.05, 4.69) is 10.6 Å². The molecule has 1 aromatic heterocycles. The predicted molar refractivity (Wildman–Crippen MR) is 124 cm³/mol. The van der Waals surface area contributed by atoms with Crippen LogP contribution in [0.5, 0.6) is 0 Å². The van der Waals surface area contributed by atoms with E-state index in [-0.39, 0.29) is 5.97 Å². The minimum atomic E-state index is -0.524. The van der Waals surface area contributed by atoms with Gasteiger partial charge >= 0.3 is 5.97 Å². The fourth-order valence-electron chi connectivity index (χ4n) is 6.95. The molecule has 5 heteroatoms. The molecule has 0 amide bonds. The van der Waals surface area contributed by atoms with Crippen LogP contribution >= 0.6 is 0 Å². The van der Waals surface area contributed by atoms with Gasteiger partial charge in [-0.2, -0.15) is 0 Å². The molecule has 4 bridgehead atoms. The number of hydrogen-bond acceptors (Lipinski definition) is 5. The van der Waals surface area contributed by atoms with Crippen molar-refractivity contribution in [2.24, 2.45) is 23.7 Å². The molecule has 1 heterocycles. The summed E-state index contributed by atoms with van der Waals surface area (Å²) in [4.78, 5) is 17.9. The molecule has 5 aliphatic carbocycles. The van der Waals surface area contributed by atoms with Crippen molar-refractivity contribution in [3.05, 3.63) is 17.8 Å². The minimum absolute atomic E-state index is 0.279. The number of carbonyl (C=O) groups excluding carboxylic acids is 1. The summed E-state index contributed by atoms with van der Waals surface area (Å²) in [6.45, 7) is 5.77. The topological polar surface area (TPSA) is 63.2 Å². The highest BCUT2D eigenvalue weighted by atomic mass is 16.6. The largest absolute Gasteiger partial charge is 0.456 e. The van der Waals surface area contributed by atoms with Gasteiger partial charge < -0.3 is 15.4 Å². The van der Waals surface area contributed by atoms with Gasteiger partial charge in [0.15, 0.2) is 0 Å². The Balaban J connectivity index is 1.38. The molecule has 0 atom stereocenters. The minimum Gasteiger partial charge on any atom is -0.456 e. The van der Waals surface area contributed by atoms with Crippen LogP contribution in [0.15, 0.2) is 12.3 Å². The number of nitrogens with one attached hydrogen (secondary N) is 2. The zero-order valence-electron chi connectivity index (χ0n) is 19.5. The summed E-state index contributed by atoms with van der Waals surface area (Å²) in [6, 6.07) is 2.89. The number of pyridine rings is 1. The Kier molecular flexibility index (Phi) is 5.64. The van der Waals surface area contributed by atoms with Crippen molar-refractivity contribution >= 4 is 17.5 Å². The van der Waals surface area contributed by atoms with Crippen LogP contribution in [0.3, 0.4) is 0 Å². The lowest BCUT2D eigenvalue weighted by molar-refractivity contribution is 0.00526. The highest BCUT2D eigenvalue weighted by molar-refractivity contribution is 5.96. The number of anilines is 2. The van der Waals surface area contributed by atoms with Crippen LogP contribution < -0.4 is 10.6 Å². The van der Waals surface area contributed by atoms with Crippen LogP contribution in [0.4, 0.5) is 11.5 Å². The standard InChI is InChI=1S/C26H39N3O2/c1-26(2,3)31-25(30)22-14-21(28-20-7-5-4-6-8-20)15-27-24(22)29-23-18-10-16-9-17(12-18)13-19(23)11-16/h14-20,23,28H,4-13H2,1-3H3,(H,27,29)/t16-,17+,18-,19+,23?. The number of rotatable bonds is 5. The number of carbonyl (C=O) groups is 1. The van der Waals surface area contributed by atoms with Crippen molar-refractivity contribution in [3.63, 3.8) is 0 Å². The van der Waals surface area contributed by atoms with Crippen LogP contribution in [0.2, 0.25) is 0 Å². The van der Waals surface area contributed by atoms with Gasteiger partial charge in [0.2, 0.25) is 0 Å². The second-order valence-corrected chi connectivity index (χ2v) is 11.7. The first-order valence-corrected chi connectivity index (χ1v) is 12.6. The quantitative estimate of drug-likeness (QED) is 0.565. The summed E-state index contributed by atoms with van der Waals surface area (Å²) in [6.07, 6.45) is 15.0. The summed E-state index contributed by atoms with van der Waals surface area (Å²) in [5, 5.41) is 7.37. The van der Waals surface area contributed by atoms with Crippen LogP contribution in [0.25, 0.3) is 0 Å². The van der Waals surface area contributed by atoms with E-state index >= 15 is 0 Å². The van der Waals surface area contributed by atoms with Gasteiger partial charge in [-0.05, 0) is 95.5 Å². The maximum atomic E-state index is 13.1. The molecule has 0 radical (unpaired) electrons. The van der Waals surface area contributed by atoms with Gasteiger partial charge in [0, 0.05) is 12.1 Å². The summed E-state index contributed by atoms with van der Waals surface area (Å²) in [5.41, 5.74) is 0.983. The highest BCUT2D eigenvalue weighted by Gasteiger charge is 2.48. The van der Waals surface area contributed by atoms with Gasteiger partial charge in [-0.15, -0.1) is 0 Å². The molecule has 0 spiro atoms. The van der Waals surface area contributed by atoms with Gasteiger partial charge in [-0.25, -0.2) is 9.78 Å². The Labute approximate surface area is 187 Å². The highest BCUT2D eigenvalue weighted by Crippen LogP contribution is 2.54.